The molecule has 0 unspecified atom stereocenters. The zero-order valence-corrected chi connectivity index (χ0v) is 15.2. The van der Waals surface area contributed by atoms with Gasteiger partial charge in [-0.2, -0.15) is 9.46 Å². The average molecular weight is 384 g/mol. The van der Waals surface area contributed by atoms with Crippen LogP contribution in [0.2, 0.25) is 5.02 Å². The first-order chi connectivity index (χ1) is 11.8. The number of halogens is 1. The second-order valence-corrected chi connectivity index (χ2v) is 8.88. The molecule has 0 amide bonds. The van der Waals surface area contributed by atoms with Crippen molar-refractivity contribution in [3.05, 3.63) is 34.5 Å². The Morgan fingerprint density at radius 2 is 1.92 bits per heavy atom. The van der Waals surface area contributed by atoms with Gasteiger partial charge >= 0.3 is 0 Å². The predicted octanol–water partition coefficient (Wildman–Crippen LogP) is 3.00. The molecule has 2 aromatic rings. The van der Waals surface area contributed by atoms with Crippen LogP contribution in [-0.4, -0.2) is 41.5 Å². The molecule has 25 heavy (non-hydrogen) atoms. The van der Waals surface area contributed by atoms with E-state index in [1.807, 2.05) is 0 Å². The Balaban J connectivity index is 2.09. The minimum Gasteiger partial charge on any atom is -0.506 e. The van der Waals surface area contributed by atoms with Crippen LogP contribution in [-0.2, 0) is 16.8 Å². The molecule has 2 N–H and O–H groups in total. The normalized spacial score (nSPS) is 16.6. The first kappa shape index (κ1) is 17.8. The lowest BCUT2D eigenvalue weighted by atomic mass is 10.0. The Hall–Kier alpha value is -2.06. The molecule has 134 valence electrons. The third kappa shape index (κ3) is 3.36. The van der Waals surface area contributed by atoms with E-state index in [0.29, 0.717) is 11.5 Å². The Bertz CT molecular complexity index is 949. The Morgan fingerprint density at radius 3 is 2.52 bits per heavy atom. The molecule has 7 nitrogen and oxygen atoms in total. The molecule has 2 heterocycles. The van der Waals surface area contributed by atoms with Gasteiger partial charge in [-0.3, -0.25) is 4.79 Å². The number of hydrogen-bond donors (Lipinski definition) is 2. The maximum atomic E-state index is 12.8. The Labute approximate surface area is 150 Å². The molecule has 0 radical (unpaired) electrons. The molecule has 1 fully saturated rings. The fraction of sp³-hybridized carbons (Fsp3) is 0.375. The van der Waals surface area contributed by atoms with E-state index in [1.165, 1.54) is 25.4 Å². The Kier molecular flexibility index (Phi) is 4.75. The number of ketones is 1. The van der Waals surface area contributed by atoms with E-state index >= 15 is 0 Å². The van der Waals surface area contributed by atoms with Crippen molar-refractivity contribution in [1.29, 1.82) is 0 Å². The van der Waals surface area contributed by atoms with Crippen LogP contribution in [0.3, 0.4) is 0 Å². The van der Waals surface area contributed by atoms with Crippen molar-refractivity contribution < 1.29 is 19.2 Å². The highest BCUT2D eigenvalue weighted by Gasteiger charge is 2.24. The average Bonchev–Trinajstić information content (AvgIpc) is 2.91. The van der Waals surface area contributed by atoms with Gasteiger partial charge in [-0.05, 0) is 25.0 Å². The molecule has 0 spiro atoms. The molecule has 1 aromatic heterocycles. The monoisotopic (exact) mass is 383 g/mol. The molecule has 1 saturated heterocycles. The number of phenolic OH excluding ortho intramolecular Hbond substituents is 1. The first-order valence-electron chi connectivity index (χ1n) is 7.82. The zero-order chi connectivity index (χ0) is 18.2. The van der Waals surface area contributed by atoms with Crippen LogP contribution in [0.5, 0.6) is 11.6 Å². The van der Waals surface area contributed by atoms with Crippen molar-refractivity contribution >= 4 is 32.8 Å². The van der Waals surface area contributed by atoms with Crippen molar-refractivity contribution in [2.24, 2.45) is 11.4 Å². The van der Waals surface area contributed by atoms with E-state index in [-0.39, 0.29) is 33.5 Å². The van der Waals surface area contributed by atoms with Gasteiger partial charge in [0.2, 0.25) is 11.7 Å². The standard InChI is InChI=1S/C16H18ClN3O4S/c1-20-16(23)11(9-18-20)15(22)10-5-6-12(21)14(13(10)17)19-25(24)7-3-2-4-8-25/h5-6,9,21,23H,2-4,7-8H2,1H3. The summed E-state index contributed by atoms with van der Waals surface area (Å²) in [6.45, 7) is 0. The Morgan fingerprint density at radius 1 is 1.24 bits per heavy atom. The van der Waals surface area contributed by atoms with Crippen molar-refractivity contribution in [2.75, 3.05) is 11.5 Å². The van der Waals surface area contributed by atoms with E-state index in [1.54, 1.807) is 0 Å². The minimum absolute atomic E-state index is 0.0112. The second-order valence-electron chi connectivity index (χ2n) is 5.96. The van der Waals surface area contributed by atoms with Crippen LogP contribution in [0.25, 0.3) is 0 Å². The maximum Gasteiger partial charge on any atom is 0.220 e. The summed E-state index contributed by atoms with van der Waals surface area (Å²) in [6.07, 6.45) is 3.86. The van der Waals surface area contributed by atoms with Crippen LogP contribution in [0, 0.1) is 0 Å². The molecular formula is C16H18ClN3O4S. The SMILES string of the molecule is Cn1ncc(C(=O)c2ccc(O)c(N=S3(=O)CCCCC3)c2Cl)c1O. The fourth-order valence-corrected chi connectivity index (χ4v) is 5.30. The fourth-order valence-electron chi connectivity index (χ4n) is 2.74. The van der Waals surface area contributed by atoms with Gasteiger partial charge in [0, 0.05) is 24.1 Å². The summed E-state index contributed by atoms with van der Waals surface area (Å²) in [5.74, 6) is -0.170. The lowest BCUT2D eigenvalue weighted by molar-refractivity contribution is 0.103. The molecule has 0 bridgehead atoms. The minimum atomic E-state index is -2.50. The highest BCUT2D eigenvalue weighted by molar-refractivity contribution is 7.93. The van der Waals surface area contributed by atoms with Crippen molar-refractivity contribution in [1.82, 2.24) is 9.78 Å². The van der Waals surface area contributed by atoms with E-state index in [0.717, 1.165) is 23.9 Å². The third-order valence-electron chi connectivity index (χ3n) is 4.18. The van der Waals surface area contributed by atoms with Gasteiger partial charge in [0.15, 0.2) is 0 Å². The van der Waals surface area contributed by atoms with Gasteiger partial charge in [-0.1, -0.05) is 18.0 Å². The van der Waals surface area contributed by atoms with Crippen molar-refractivity contribution in [3.8, 4) is 11.6 Å². The van der Waals surface area contributed by atoms with Crippen LogP contribution in [0.15, 0.2) is 22.7 Å². The number of aromatic nitrogens is 2. The number of benzene rings is 1. The van der Waals surface area contributed by atoms with E-state index < -0.39 is 15.5 Å². The van der Waals surface area contributed by atoms with Gasteiger partial charge in [0.05, 0.1) is 20.9 Å². The van der Waals surface area contributed by atoms with E-state index in [2.05, 4.69) is 9.46 Å². The number of aryl methyl sites for hydroxylation is 1. The smallest absolute Gasteiger partial charge is 0.220 e. The summed E-state index contributed by atoms with van der Waals surface area (Å²) >= 11 is 6.29. The number of carbonyl (C=O) groups is 1. The maximum absolute atomic E-state index is 12.8. The number of rotatable bonds is 3. The molecular weight excluding hydrogens is 366 g/mol. The summed E-state index contributed by atoms with van der Waals surface area (Å²) in [6, 6.07) is 2.64. The summed E-state index contributed by atoms with van der Waals surface area (Å²) in [5, 5.41) is 23.7. The molecule has 1 aliphatic rings. The molecule has 1 aromatic carbocycles. The molecule has 0 atom stereocenters. The quantitative estimate of drug-likeness (QED) is 0.792. The van der Waals surface area contributed by atoms with Crippen LogP contribution in [0.1, 0.15) is 35.2 Å². The van der Waals surface area contributed by atoms with Gasteiger partial charge in [-0.25, -0.2) is 8.89 Å². The highest BCUT2D eigenvalue weighted by Crippen LogP contribution is 2.40. The van der Waals surface area contributed by atoms with Gasteiger partial charge in [0.1, 0.15) is 17.0 Å². The van der Waals surface area contributed by atoms with E-state index in [9.17, 15) is 19.2 Å². The van der Waals surface area contributed by atoms with Crippen LogP contribution in [0.4, 0.5) is 5.69 Å². The molecule has 0 aliphatic carbocycles. The molecule has 3 rings (SSSR count). The van der Waals surface area contributed by atoms with Crippen molar-refractivity contribution in [3.63, 3.8) is 0 Å². The van der Waals surface area contributed by atoms with Gasteiger partial charge < -0.3 is 10.2 Å². The summed E-state index contributed by atoms with van der Waals surface area (Å²) in [7, 11) is -0.997. The number of aromatic hydroxyl groups is 2. The van der Waals surface area contributed by atoms with Crippen molar-refractivity contribution in [2.45, 2.75) is 19.3 Å². The summed E-state index contributed by atoms with van der Waals surface area (Å²) in [4.78, 5) is 12.6. The number of hydrogen-bond acceptors (Lipinski definition) is 6. The van der Waals surface area contributed by atoms with E-state index in [4.69, 9.17) is 11.6 Å². The van der Waals surface area contributed by atoms with Gasteiger partial charge in [0.25, 0.3) is 0 Å². The summed E-state index contributed by atoms with van der Waals surface area (Å²) in [5.41, 5.74) is 0.00557. The number of nitrogens with zero attached hydrogens (tertiary/aromatic N) is 3. The van der Waals surface area contributed by atoms with Crippen LogP contribution >= 0.6 is 11.6 Å². The summed E-state index contributed by atoms with van der Waals surface area (Å²) < 4.78 is 18.2. The molecule has 1 aliphatic heterocycles. The predicted molar refractivity (Wildman–Crippen MR) is 95.2 cm³/mol. The molecule has 9 heteroatoms. The number of phenols is 1. The van der Waals surface area contributed by atoms with Gasteiger partial charge in [-0.15, -0.1) is 0 Å². The molecule has 0 saturated carbocycles. The third-order valence-corrected chi connectivity index (χ3v) is 6.93. The zero-order valence-electron chi connectivity index (χ0n) is 13.6. The lowest BCUT2D eigenvalue weighted by Gasteiger charge is -2.16. The second kappa shape index (κ2) is 6.68. The topological polar surface area (TPSA) is 105 Å². The largest absolute Gasteiger partial charge is 0.506 e. The van der Waals surface area contributed by atoms with Crippen LogP contribution < -0.4 is 0 Å². The lowest BCUT2D eigenvalue weighted by Crippen LogP contribution is -2.15. The number of carbonyl (C=O) groups excluding carboxylic acids is 1. The first-order valence-corrected chi connectivity index (χ1v) is 10.1. The highest BCUT2D eigenvalue weighted by atomic mass is 35.5.